The van der Waals surface area contributed by atoms with Crippen molar-refractivity contribution >= 4 is 33.0 Å². The Kier molecular flexibility index (Phi) is 4.18. The van der Waals surface area contributed by atoms with Crippen molar-refractivity contribution < 1.29 is 4.74 Å². The summed E-state index contributed by atoms with van der Waals surface area (Å²) in [5, 5.41) is 12.5. The third-order valence-corrected chi connectivity index (χ3v) is 5.46. The number of fused-ring (bicyclic) bond motifs is 1. The Hall–Kier alpha value is -1.51. The minimum Gasteiger partial charge on any atom is -0.495 e. The summed E-state index contributed by atoms with van der Waals surface area (Å²) < 4.78 is 6.59. The summed E-state index contributed by atoms with van der Waals surface area (Å²) in [6.07, 6.45) is 3.46. The topological polar surface area (TPSA) is 45.0 Å². The van der Waals surface area contributed by atoms with Crippen molar-refractivity contribution in [1.82, 2.24) is 0 Å². The third kappa shape index (κ3) is 2.92. The second kappa shape index (κ2) is 6.08. The van der Waals surface area contributed by atoms with Gasteiger partial charge < -0.3 is 10.1 Å². The summed E-state index contributed by atoms with van der Waals surface area (Å²) in [7, 11) is 1.63. The van der Waals surface area contributed by atoms with E-state index in [2.05, 4.69) is 33.4 Å². The molecule has 2 aromatic rings. The van der Waals surface area contributed by atoms with Gasteiger partial charge in [0.25, 0.3) is 0 Å². The number of methoxy groups -OCH3 is 1. The number of halogens is 1. The lowest BCUT2D eigenvalue weighted by atomic mass is 9.94. The van der Waals surface area contributed by atoms with Gasteiger partial charge in [-0.05, 0) is 59.0 Å². The van der Waals surface area contributed by atoms with Crippen LogP contribution in [0.5, 0.6) is 5.75 Å². The number of rotatable bonds is 3. The Morgan fingerprint density at radius 3 is 3.05 bits per heavy atom. The molecule has 3 rings (SSSR count). The van der Waals surface area contributed by atoms with Gasteiger partial charge in [0.15, 0.2) is 0 Å². The van der Waals surface area contributed by atoms with Crippen LogP contribution >= 0.6 is 27.3 Å². The van der Waals surface area contributed by atoms with E-state index < -0.39 is 0 Å². The first-order chi connectivity index (χ1) is 10.2. The van der Waals surface area contributed by atoms with Crippen LogP contribution in [-0.2, 0) is 6.42 Å². The quantitative estimate of drug-likeness (QED) is 0.845. The lowest BCUT2D eigenvalue weighted by molar-refractivity contribution is 0.415. The first-order valence-corrected chi connectivity index (χ1v) is 8.45. The molecule has 1 unspecified atom stereocenters. The molecule has 1 aliphatic carbocycles. The molecule has 0 saturated heterocycles. The second-order valence-electron chi connectivity index (χ2n) is 5.05. The number of nitriles is 1. The van der Waals surface area contributed by atoms with Gasteiger partial charge in [-0.25, -0.2) is 0 Å². The molecule has 1 aromatic heterocycles. The van der Waals surface area contributed by atoms with Gasteiger partial charge in [-0.2, -0.15) is 5.26 Å². The van der Waals surface area contributed by atoms with Crippen molar-refractivity contribution in [1.29, 1.82) is 5.26 Å². The van der Waals surface area contributed by atoms with Crippen LogP contribution in [0, 0.1) is 11.3 Å². The van der Waals surface area contributed by atoms with Crippen molar-refractivity contribution in [2.24, 2.45) is 0 Å². The first kappa shape index (κ1) is 14.4. The number of aryl methyl sites for hydroxylation is 1. The summed E-state index contributed by atoms with van der Waals surface area (Å²) in [4.78, 5) is 1.46. The highest BCUT2D eigenvalue weighted by atomic mass is 79.9. The van der Waals surface area contributed by atoms with Crippen LogP contribution in [0.3, 0.4) is 0 Å². The van der Waals surface area contributed by atoms with Gasteiger partial charge in [-0.3, -0.25) is 0 Å². The largest absolute Gasteiger partial charge is 0.495 e. The maximum Gasteiger partial charge on any atom is 0.143 e. The van der Waals surface area contributed by atoms with Crippen molar-refractivity contribution in [2.75, 3.05) is 12.4 Å². The zero-order chi connectivity index (χ0) is 14.8. The molecule has 1 aliphatic rings. The number of nitrogens with zero attached hydrogens (tertiary/aromatic N) is 1. The van der Waals surface area contributed by atoms with Gasteiger partial charge in [-0.1, -0.05) is 0 Å². The SMILES string of the molecule is COc1cc(C#N)ccc1NC1CCCc2sc(Br)cc21. The van der Waals surface area contributed by atoms with Crippen LogP contribution in [0.25, 0.3) is 0 Å². The smallest absolute Gasteiger partial charge is 0.143 e. The molecule has 0 aliphatic heterocycles. The van der Waals surface area contributed by atoms with Crippen LogP contribution in [0.2, 0.25) is 0 Å². The zero-order valence-electron chi connectivity index (χ0n) is 11.6. The number of thiophene rings is 1. The highest BCUT2D eigenvalue weighted by Crippen LogP contribution is 2.40. The Labute approximate surface area is 136 Å². The number of hydrogen-bond acceptors (Lipinski definition) is 4. The van der Waals surface area contributed by atoms with Gasteiger partial charge in [-0.15, -0.1) is 11.3 Å². The molecule has 1 atom stereocenters. The first-order valence-electron chi connectivity index (χ1n) is 6.84. The average Bonchev–Trinajstić information content (AvgIpc) is 2.89. The van der Waals surface area contributed by atoms with Crippen molar-refractivity contribution in [2.45, 2.75) is 25.3 Å². The third-order valence-electron chi connectivity index (χ3n) is 3.74. The fraction of sp³-hybridized carbons (Fsp3) is 0.312. The molecule has 0 bridgehead atoms. The summed E-state index contributed by atoms with van der Waals surface area (Å²) in [6.45, 7) is 0. The number of ether oxygens (including phenoxy) is 1. The summed E-state index contributed by atoms with van der Waals surface area (Å²) >= 11 is 5.41. The predicted molar refractivity (Wildman–Crippen MR) is 89.0 cm³/mol. The Morgan fingerprint density at radius 1 is 1.43 bits per heavy atom. The maximum atomic E-state index is 8.97. The molecule has 0 fully saturated rings. The molecule has 1 heterocycles. The minimum absolute atomic E-state index is 0.304. The normalized spacial score (nSPS) is 16.9. The van der Waals surface area contributed by atoms with Gasteiger partial charge >= 0.3 is 0 Å². The average molecular weight is 363 g/mol. The van der Waals surface area contributed by atoms with Crippen LogP contribution in [-0.4, -0.2) is 7.11 Å². The summed E-state index contributed by atoms with van der Waals surface area (Å²) in [5.74, 6) is 0.718. The molecule has 0 spiro atoms. The minimum atomic E-state index is 0.304. The van der Waals surface area contributed by atoms with E-state index in [1.165, 1.54) is 20.6 Å². The van der Waals surface area contributed by atoms with E-state index in [0.717, 1.165) is 24.3 Å². The van der Waals surface area contributed by atoms with Crippen LogP contribution in [0.15, 0.2) is 28.1 Å². The molecule has 0 saturated carbocycles. The maximum absolute atomic E-state index is 8.97. The van der Waals surface area contributed by atoms with E-state index >= 15 is 0 Å². The second-order valence-corrected chi connectivity index (χ2v) is 7.56. The molecular formula is C16H15BrN2OS. The molecule has 0 radical (unpaired) electrons. The van der Waals surface area contributed by atoms with Crippen LogP contribution in [0.1, 0.15) is 34.9 Å². The Morgan fingerprint density at radius 2 is 2.29 bits per heavy atom. The Bertz CT molecular complexity index is 705. The molecule has 5 heteroatoms. The molecule has 21 heavy (non-hydrogen) atoms. The van der Waals surface area contributed by atoms with E-state index in [1.54, 1.807) is 13.2 Å². The molecule has 1 aromatic carbocycles. The van der Waals surface area contributed by atoms with Crippen LogP contribution in [0.4, 0.5) is 5.69 Å². The van der Waals surface area contributed by atoms with Gasteiger partial charge in [0.05, 0.1) is 34.3 Å². The van der Waals surface area contributed by atoms with Crippen molar-refractivity contribution in [3.8, 4) is 11.8 Å². The molecule has 108 valence electrons. The highest BCUT2D eigenvalue weighted by molar-refractivity contribution is 9.11. The van der Waals surface area contributed by atoms with Crippen LogP contribution < -0.4 is 10.1 Å². The molecular weight excluding hydrogens is 348 g/mol. The lowest BCUT2D eigenvalue weighted by Gasteiger charge is -2.25. The number of anilines is 1. The fourth-order valence-electron chi connectivity index (χ4n) is 2.74. The molecule has 3 nitrogen and oxygen atoms in total. The van der Waals surface area contributed by atoms with E-state index in [1.807, 2.05) is 23.5 Å². The Balaban J connectivity index is 1.89. The fourth-order valence-corrected chi connectivity index (χ4v) is 4.56. The van der Waals surface area contributed by atoms with Gasteiger partial charge in [0.2, 0.25) is 0 Å². The monoisotopic (exact) mass is 362 g/mol. The van der Waals surface area contributed by atoms with E-state index in [0.29, 0.717) is 11.6 Å². The standard InChI is InChI=1S/C16H15BrN2OS/c1-20-14-7-10(9-18)5-6-13(14)19-12-3-2-4-15-11(12)8-16(17)21-15/h5-8,12,19H,2-4H2,1H3. The summed E-state index contributed by atoms with van der Waals surface area (Å²) in [6, 6.07) is 10.2. The number of hydrogen-bond donors (Lipinski definition) is 1. The van der Waals surface area contributed by atoms with Crippen molar-refractivity contribution in [3.05, 3.63) is 44.1 Å². The zero-order valence-corrected chi connectivity index (χ0v) is 14.1. The van der Waals surface area contributed by atoms with E-state index in [-0.39, 0.29) is 0 Å². The lowest BCUT2D eigenvalue weighted by Crippen LogP contribution is -2.16. The van der Waals surface area contributed by atoms with Gasteiger partial charge in [0, 0.05) is 10.9 Å². The number of nitrogens with one attached hydrogen (secondary N) is 1. The molecule has 1 N–H and O–H groups in total. The van der Waals surface area contributed by atoms with E-state index in [9.17, 15) is 0 Å². The number of benzene rings is 1. The molecule has 0 amide bonds. The van der Waals surface area contributed by atoms with E-state index in [4.69, 9.17) is 10.00 Å². The van der Waals surface area contributed by atoms with Gasteiger partial charge in [0.1, 0.15) is 5.75 Å². The predicted octanol–water partition coefficient (Wildman–Crippen LogP) is 4.88. The van der Waals surface area contributed by atoms with Crippen molar-refractivity contribution in [3.63, 3.8) is 0 Å². The summed E-state index contributed by atoms with van der Waals surface area (Å²) in [5.41, 5.74) is 2.93. The highest BCUT2D eigenvalue weighted by Gasteiger charge is 2.23.